The summed E-state index contributed by atoms with van der Waals surface area (Å²) in [7, 11) is -3.35. The van der Waals surface area contributed by atoms with Gasteiger partial charge in [0.1, 0.15) is 6.10 Å². The van der Waals surface area contributed by atoms with E-state index in [9.17, 15) is 13.2 Å². The fourth-order valence-electron chi connectivity index (χ4n) is 3.15. The predicted molar refractivity (Wildman–Crippen MR) is 90.9 cm³/mol. The number of piperazine rings is 1. The predicted octanol–water partition coefficient (Wildman–Crippen LogP) is 1.15. The van der Waals surface area contributed by atoms with Crippen molar-refractivity contribution in [1.82, 2.24) is 9.21 Å². The van der Waals surface area contributed by atoms with Crippen molar-refractivity contribution in [2.45, 2.75) is 31.6 Å². The van der Waals surface area contributed by atoms with Crippen molar-refractivity contribution in [3.05, 3.63) is 35.4 Å². The molecule has 3 rings (SSSR count). The van der Waals surface area contributed by atoms with E-state index in [1.54, 1.807) is 4.90 Å². The second kappa shape index (κ2) is 7.21. The van der Waals surface area contributed by atoms with Gasteiger partial charge in [0.05, 0.1) is 5.75 Å². The number of nitrogens with zero attached hydrogens (tertiary/aromatic N) is 2. The first-order valence-electron chi connectivity index (χ1n) is 8.39. The van der Waals surface area contributed by atoms with Gasteiger partial charge in [-0.1, -0.05) is 29.8 Å². The number of rotatable bonds is 4. The fraction of sp³-hybridized carbons (Fsp3) is 0.588. The molecule has 7 heteroatoms. The Hall–Kier alpha value is -1.44. The van der Waals surface area contributed by atoms with E-state index in [0.717, 1.165) is 24.0 Å². The van der Waals surface area contributed by atoms with Gasteiger partial charge in [-0.05, 0) is 25.3 Å². The average Bonchev–Trinajstić information content (AvgIpc) is 3.11. The molecule has 2 saturated heterocycles. The van der Waals surface area contributed by atoms with Gasteiger partial charge >= 0.3 is 0 Å². The van der Waals surface area contributed by atoms with Gasteiger partial charge in [0.25, 0.3) is 5.91 Å². The summed E-state index contributed by atoms with van der Waals surface area (Å²) in [5, 5.41) is 0. The Morgan fingerprint density at radius 3 is 2.42 bits per heavy atom. The summed E-state index contributed by atoms with van der Waals surface area (Å²) >= 11 is 0. The molecule has 0 radical (unpaired) electrons. The molecular formula is C17H24N2O4S. The molecule has 1 aromatic carbocycles. The van der Waals surface area contributed by atoms with Crippen molar-refractivity contribution in [3.63, 3.8) is 0 Å². The Labute approximate surface area is 143 Å². The van der Waals surface area contributed by atoms with Crippen LogP contribution in [0.1, 0.15) is 24.0 Å². The Morgan fingerprint density at radius 2 is 1.83 bits per heavy atom. The Bertz CT molecular complexity index is 673. The molecule has 2 fully saturated rings. The zero-order valence-corrected chi connectivity index (χ0v) is 14.8. The smallest absolute Gasteiger partial charge is 0.251 e. The molecule has 0 spiro atoms. The van der Waals surface area contributed by atoms with E-state index in [1.165, 1.54) is 4.31 Å². The van der Waals surface area contributed by atoms with Crippen molar-refractivity contribution in [3.8, 4) is 0 Å². The monoisotopic (exact) mass is 352 g/mol. The lowest BCUT2D eigenvalue weighted by molar-refractivity contribution is -0.142. The van der Waals surface area contributed by atoms with Crippen LogP contribution in [0.4, 0.5) is 0 Å². The Balaban J connectivity index is 1.56. The van der Waals surface area contributed by atoms with Crippen LogP contribution in [0.3, 0.4) is 0 Å². The zero-order valence-electron chi connectivity index (χ0n) is 14.0. The summed E-state index contributed by atoms with van der Waals surface area (Å²) in [6.45, 7) is 4.20. The minimum atomic E-state index is -3.35. The lowest BCUT2D eigenvalue weighted by Crippen LogP contribution is -2.52. The van der Waals surface area contributed by atoms with Crippen LogP contribution >= 0.6 is 0 Å². The van der Waals surface area contributed by atoms with Crippen molar-refractivity contribution < 1.29 is 17.9 Å². The molecule has 0 bridgehead atoms. The number of hydrogen-bond acceptors (Lipinski definition) is 4. The fourth-order valence-corrected chi connectivity index (χ4v) is 4.66. The molecule has 132 valence electrons. The molecular weight excluding hydrogens is 328 g/mol. The lowest BCUT2D eigenvalue weighted by atomic mass is 10.2. The summed E-state index contributed by atoms with van der Waals surface area (Å²) in [4.78, 5) is 14.0. The van der Waals surface area contributed by atoms with Gasteiger partial charge in [-0.3, -0.25) is 4.79 Å². The average molecular weight is 352 g/mol. The number of carbonyl (C=O) groups is 1. The summed E-state index contributed by atoms with van der Waals surface area (Å²) in [6.07, 6.45) is 1.35. The van der Waals surface area contributed by atoms with Crippen molar-refractivity contribution in [2.24, 2.45) is 0 Å². The first kappa shape index (κ1) is 17.4. The number of amides is 1. The van der Waals surface area contributed by atoms with Crippen LogP contribution in [0.15, 0.2) is 24.3 Å². The van der Waals surface area contributed by atoms with Gasteiger partial charge in [-0.25, -0.2) is 8.42 Å². The van der Waals surface area contributed by atoms with Gasteiger partial charge in [0, 0.05) is 32.8 Å². The number of benzene rings is 1. The van der Waals surface area contributed by atoms with Gasteiger partial charge < -0.3 is 9.64 Å². The number of ether oxygens (including phenoxy) is 1. The van der Waals surface area contributed by atoms with E-state index in [4.69, 9.17) is 4.74 Å². The largest absolute Gasteiger partial charge is 0.368 e. The van der Waals surface area contributed by atoms with Gasteiger partial charge in [0.2, 0.25) is 10.0 Å². The molecule has 1 aromatic rings. The second-order valence-corrected chi connectivity index (χ2v) is 8.44. The highest BCUT2D eigenvalue weighted by Crippen LogP contribution is 2.18. The first-order valence-corrected chi connectivity index (χ1v) is 10.0. The number of sulfonamides is 1. The van der Waals surface area contributed by atoms with Crippen LogP contribution in [0, 0.1) is 6.92 Å². The summed E-state index contributed by atoms with van der Waals surface area (Å²) in [5.41, 5.74) is 1.90. The van der Waals surface area contributed by atoms with Crippen LogP contribution in [0.25, 0.3) is 0 Å². The third-order valence-corrected chi connectivity index (χ3v) is 6.47. The molecule has 6 nitrogen and oxygen atoms in total. The third-order valence-electron chi connectivity index (χ3n) is 4.62. The highest BCUT2D eigenvalue weighted by atomic mass is 32.2. The number of carbonyl (C=O) groups excluding carboxylic acids is 1. The quantitative estimate of drug-likeness (QED) is 0.815. The first-order chi connectivity index (χ1) is 11.5. The SMILES string of the molecule is Cc1ccc(CS(=O)(=O)N2CCN(C(=O)C3CCCO3)CC2)cc1. The zero-order chi connectivity index (χ0) is 17.2. The van der Waals surface area contributed by atoms with E-state index in [0.29, 0.717) is 32.8 Å². The number of hydrogen-bond donors (Lipinski definition) is 0. The molecule has 1 amide bonds. The maximum absolute atomic E-state index is 12.6. The molecule has 1 atom stereocenters. The third kappa shape index (κ3) is 3.96. The molecule has 2 heterocycles. The van der Waals surface area contributed by atoms with Crippen molar-refractivity contribution in [1.29, 1.82) is 0 Å². The van der Waals surface area contributed by atoms with Gasteiger partial charge in [-0.2, -0.15) is 4.31 Å². The Morgan fingerprint density at radius 1 is 1.17 bits per heavy atom. The molecule has 0 saturated carbocycles. The van der Waals surface area contributed by atoms with E-state index in [2.05, 4.69) is 0 Å². The normalized spacial score (nSPS) is 22.7. The van der Waals surface area contributed by atoms with Crippen molar-refractivity contribution >= 4 is 15.9 Å². The van der Waals surface area contributed by atoms with E-state index >= 15 is 0 Å². The van der Waals surface area contributed by atoms with E-state index in [1.807, 2.05) is 31.2 Å². The number of aryl methyl sites for hydroxylation is 1. The summed E-state index contributed by atoms with van der Waals surface area (Å²) in [6, 6.07) is 7.54. The Kier molecular flexibility index (Phi) is 5.22. The lowest BCUT2D eigenvalue weighted by Gasteiger charge is -2.35. The standard InChI is InChI=1S/C17H24N2O4S/c1-14-4-6-15(7-5-14)13-24(21,22)19-10-8-18(9-11-19)17(20)16-3-2-12-23-16/h4-7,16H,2-3,8-13H2,1H3. The van der Waals surface area contributed by atoms with Crippen molar-refractivity contribution in [2.75, 3.05) is 32.8 Å². The summed E-state index contributed by atoms with van der Waals surface area (Å²) in [5.74, 6) is 0.00976. The van der Waals surface area contributed by atoms with E-state index < -0.39 is 10.0 Å². The molecule has 0 aromatic heterocycles. The molecule has 0 N–H and O–H groups in total. The minimum absolute atomic E-state index is 0.00285. The minimum Gasteiger partial charge on any atom is -0.368 e. The van der Waals surface area contributed by atoms with Crippen LogP contribution in [0.2, 0.25) is 0 Å². The van der Waals surface area contributed by atoms with Gasteiger partial charge in [-0.15, -0.1) is 0 Å². The van der Waals surface area contributed by atoms with Crippen LogP contribution in [-0.4, -0.2) is 62.4 Å². The molecule has 0 aliphatic carbocycles. The topological polar surface area (TPSA) is 66.9 Å². The second-order valence-electron chi connectivity index (χ2n) is 6.47. The molecule has 2 aliphatic heterocycles. The maximum atomic E-state index is 12.6. The summed E-state index contributed by atoms with van der Waals surface area (Å²) < 4.78 is 32.1. The molecule has 24 heavy (non-hydrogen) atoms. The molecule has 2 aliphatic rings. The van der Waals surface area contributed by atoms with E-state index in [-0.39, 0.29) is 17.8 Å². The molecule has 1 unspecified atom stereocenters. The van der Waals surface area contributed by atoms with Gasteiger partial charge in [0.15, 0.2) is 0 Å². The van der Waals surface area contributed by atoms with Crippen LogP contribution < -0.4 is 0 Å². The van der Waals surface area contributed by atoms with Crippen LogP contribution in [0.5, 0.6) is 0 Å². The highest BCUT2D eigenvalue weighted by molar-refractivity contribution is 7.88. The van der Waals surface area contributed by atoms with Crippen LogP contribution in [-0.2, 0) is 25.3 Å². The highest BCUT2D eigenvalue weighted by Gasteiger charge is 2.33. The maximum Gasteiger partial charge on any atom is 0.251 e.